The van der Waals surface area contributed by atoms with Crippen LogP contribution in [0.15, 0.2) is 17.1 Å². The fraction of sp³-hybridized carbons (Fsp3) is 0.500. The lowest BCUT2D eigenvalue weighted by atomic mass is 10.1. The Hall–Kier alpha value is -1.09. The van der Waals surface area contributed by atoms with Gasteiger partial charge in [0.15, 0.2) is 0 Å². The van der Waals surface area contributed by atoms with Crippen LogP contribution < -0.4 is 11.3 Å². The molecule has 0 aromatic carbocycles. The SMILES string of the molecule is Cc1ccn(C(C)C)c(=O)c1CN. The zero-order valence-electron chi connectivity index (χ0n) is 8.37. The molecular formula is C10H16N2O. The predicted octanol–water partition coefficient (Wildman–Crippen LogP) is 1.20. The zero-order valence-corrected chi connectivity index (χ0v) is 8.37. The summed E-state index contributed by atoms with van der Waals surface area (Å²) in [7, 11) is 0. The largest absolute Gasteiger partial charge is 0.326 e. The van der Waals surface area contributed by atoms with Crippen LogP contribution in [0.2, 0.25) is 0 Å². The highest BCUT2D eigenvalue weighted by atomic mass is 16.1. The van der Waals surface area contributed by atoms with Gasteiger partial charge >= 0.3 is 0 Å². The highest BCUT2D eigenvalue weighted by Gasteiger charge is 2.06. The van der Waals surface area contributed by atoms with Gasteiger partial charge in [-0.3, -0.25) is 4.79 Å². The zero-order chi connectivity index (χ0) is 10.0. The van der Waals surface area contributed by atoms with Crippen LogP contribution in [0.4, 0.5) is 0 Å². The molecule has 0 unspecified atom stereocenters. The fourth-order valence-electron chi connectivity index (χ4n) is 1.34. The van der Waals surface area contributed by atoms with Gasteiger partial charge in [-0.1, -0.05) is 0 Å². The van der Waals surface area contributed by atoms with Crippen molar-refractivity contribution in [1.29, 1.82) is 0 Å². The van der Waals surface area contributed by atoms with Crippen molar-refractivity contribution in [1.82, 2.24) is 4.57 Å². The molecule has 2 N–H and O–H groups in total. The molecule has 3 nitrogen and oxygen atoms in total. The van der Waals surface area contributed by atoms with Crippen LogP contribution in [0.25, 0.3) is 0 Å². The Kier molecular flexibility index (Phi) is 2.88. The molecule has 0 atom stereocenters. The van der Waals surface area contributed by atoms with E-state index in [0.717, 1.165) is 11.1 Å². The van der Waals surface area contributed by atoms with Crippen molar-refractivity contribution >= 4 is 0 Å². The molecular weight excluding hydrogens is 164 g/mol. The Labute approximate surface area is 78.2 Å². The van der Waals surface area contributed by atoms with Crippen molar-refractivity contribution in [2.45, 2.75) is 33.4 Å². The molecule has 72 valence electrons. The Balaban J connectivity index is 3.37. The van der Waals surface area contributed by atoms with Crippen LogP contribution in [0.3, 0.4) is 0 Å². The van der Waals surface area contributed by atoms with Gasteiger partial charge < -0.3 is 10.3 Å². The van der Waals surface area contributed by atoms with E-state index in [4.69, 9.17) is 5.73 Å². The average Bonchev–Trinajstić information content (AvgIpc) is 2.04. The third-order valence-electron chi connectivity index (χ3n) is 2.21. The first-order valence-electron chi connectivity index (χ1n) is 4.48. The molecule has 1 heterocycles. The summed E-state index contributed by atoms with van der Waals surface area (Å²) >= 11 is 0. The maximum absolute atomic E-state index is 11.7. The Bertz CT molecular complexity index is 352. The Morgan fingerprint density at radius 3 is 2.62 bits per heavy atom. The number of nitrogens with zero attached hydrogens (tertiary/aromatic N) is 1. The summed E-state index contributed by atoms with van der Waals surface area (Å²) < 4.78 is 1.70. The molecule has 0 fully saturated rings. The standard InChI is InChI=1S/C10H16N2O/c1-7(2)12-5-4-8(3)9(6-11)10(12)13/h4-5,7H,6,11H2,1-3H3. The highest BCUT2D eigenvalue weighted by Crippen LogP contribution is 2.05. The molecule has 1 aromatic rings. The molecule has 1 aromatic heterocycles. The van der Waals surface area contributed by atoms with E-state index in [1.165, 1.54) is 0 Å². The van der Waals surface area contributed by atoms with E-state index in [2.05, 4.69) is 0 Å². The third kappa shape index (κ3) is 1.80. The predicted molar refractivity (Wildman–Crippen MR) is 53.7 cm³/mol. The smallest absolute Gasteiger partial charge is 0.255 e. The quantitative estimate of drug-likeness (QED) is 0.743. The molecule has 0 aliphatic heterocycles. The third-order valence-corrected chi connectivity index (χ3v) is 2.21. The van der Waals surface area contributed by atoms with E-state index >= 15 is 0 Å². The van der Waals surface area contributed by atoms with Crippen LogP contribution in [0.1, 0.15) is 31.0 Å². The Morgan fingerprint density at radius 1 is 1.54 bits per heavy atom. The average molecular weight is 180 g/mol. The summed E-state index contributed by atoms with van der Waals surface area (Å²) in [5, 5.41) is 0. The number of hydrogen-bond donors (Lipinski definition) is 1. The maximum Gasteiger partial charge on any atom is 0.255 e. The van der Waals surface area contributed by atoms with Crippen molar-refractivity contribution < 1.29 is 0 Å². The molecule has 0 saturated heterocycles. The summed E-state index contributed by atoms with van der Waals surface area (Å²) in [6.07, 6.45) is 1.82. The minimum atomic E-state index is 0.0394. The lowest BCUT2D eigenvalue weighted by Gasteiger charge is -2.12. The monoisotopic (exact) mass is 180 g/mol. The van der Waals surface area contributed by atoms with Gasteiger partial charge in [-0.05, 0) is 32.4 Å². The first kappa shape index (κ1) is 9.99. The summed E-state index contributed by atoms with van der Waals surface area (Å²) in [5.74, 6) is 0. The van der Waals surface area contributed by atoms with Crippen molar-refractivity contribution in [3.63, 3.8) is 0 Å². The van der Waals surface area contributed by atoms with Crippen LogP contribution in [-0.2, 0) is 6.54 Å². The number of pyridine rings is 1. The summed E-state index contributed by atoms with van der Waals surface area (Å²) in [6.45, 7) is 6.19. The van der Waals surface area contributed by atoms with Gasteiger partial charge in [-0.25, -0.2) is 0 Å². The van der Waals surface area contributed by atoms with Crippen molar-refractivity contribution in [2.75, 3.05) is 0 Å². The molecule has 0 bridgehead atoms. The number of aryl methyl sites for hydroxylation is 1. The minimum absolute atomic E-state index is 0.0394. The lowest BCUT2D eigenvalue weighted by Crippen LogP contribution is -2.27. The van der Waals surface area contributed by atoms with E-state index in [-0.39, 0.29) is 11.6 Å². The first-order chi connectivity index (χ1) is 6.07. The Morgan fingerprint density at radius 2 is 2.15 bits per heavy atom. The number of hydrogen-bond acceptors (Lipinski definition) is 2. The first-order valence-corrected chi connectivity index (χ1v) is 4.48. The molecule has 13 heavy (non-hydrogen) atoms. The molecule has 0 amide bonds. The minimum Gasteiger partial charge on any atom is -0.326 e. The van der Waals surface area contributed by atoms with E-state index in [1.807, 2.05) is 33.0 Å². The summed E-state index contributed by atoms with van der Waals surface area (Å²) in [4.78, 5) is 11.7. The summed E-state index contributed by atoms with van der Waals surface area (Å²) in [6, 6.07) is 2.13. The maximum atomic E-state index is 11.7. The normalized spacial score (nSPS) is 10.8. The fourth-order valence-corrected chi connectivity index (χ4v) is 1.34. The second-order valence-corrected chi connectivity index (χ2v) is 3.49. The molecule has 1 rings (SSSR count). The molecule has 0 spiro atoms. The van der Waals surface area contributed by atoms with Gasteiger partial charge in [-0.15, -0.1) is 0 Å². The molecule has 0 radical (unpaired) electrons. The molecule has 3 heteroatoms. The van der Waals surface area contributed by atoms with Gasteiger partial charge in [0, 0.05) is 24.3 Å². The second kappa shape index (κ2) is 3.75. The van der Waals surface area contributed by atoms with Crippen molar-refractivity contribution in [3.8, 4) is 0 Å². The van der Waals surface area contributed by atoms with Gasteiger partial charge in [0.25, 0.3) is 5.56 Å². The van der Waals surface area contributed by atoms with E-state index in [1.54, 1.807) is 4.57 Å². The topological polar surface area (TPSA) is 48.0 Å². The molecule has 0 aliphatic carbocycles. The van der Waals surface area contributed by atoms with Gasteiger partial charge in [0.05, 0.1) is 0 Å². The summed E-state index contributed by atoms with van der Waals surface area (Å²) in [5.41, 5.74) is 7.24. The van der Waals surface area contributed by atoms with Crippen molar-refractivity contribution in [3.05, 3.63) is 33.7 Å². The van der Waals surface area contributed by atoms with Crippen LogP contribution in [0, 0.1) is 6.92 Å². The van der Waals surface area contributed by atoms with E-state index < -0.39 is 0 Å². The number of aromatic nitrogens is 1. The highest BCUT2D eigenvalue weighted by molar-refractivity contribution is 5.22. The van der Waals surface area contributed by atoms with Crippen LogP contribution >= 0.6 is 0 Å². The second-order valence-electron chi connectivity index (χ2n) is 3.49. The van der Waals surface area contributed by atoms with Crippen LogP contribution in [-0.4, -0.2) is 4.57 Å². The van der Waals surface area contributed by atoms with Gasteiger partial charge in [0.2, 0.25) is 0 Å². The van der Waals surface area contributed by atoms with E-state index in [9.17, 15) is 4.79 Å². The molecule has 0 saturated carbocycles. The van der Waals surface area contributed by atoms with Crippen molar-refractivity contribution in [2.24, 2.45) is 5.73 Å². The van der Waals surface area contributed by atoms with E-state index in [0.29, 0.717) is 6.54 Å². The van der Waals surface area contributed by atoms with Gasteiger partial charge in [-0.2, -0.15) is 0 Å². The van der Waals surface area contributed by atoms with Crippen LogP contribution in [0.5, 0.6) is 0 Å². The number of nitrogens with two attached hydrogens (primary N) is 1. The number of rotatable bonds is 2. The lowest BCUT2D eigenvalue weighted by molar-refractivity contribution is 0.572. The molecule has 0 aliphatic rings. The van der Waals surface area contributed by atoms with Gasteiger partial charge in [0.1, 0.15) is 0 Å².